The fraction of sp³-hybridized carbons (Fsp3) is 0.125. The summed E-state index contributed by atoms with van der Waals surface area (Å²) in [7, 11) is 0. The van der Waals surface area contributed by atoms with Crippen LogP contribution in [-0.2, 0) is 6.42 Å². The molecule has 3 rings (SSSR count). The van der Waals surface area contributed by atoms with E-state index in [0.29, 0.717) is 23.4 Å². The molecule has 3 aromatic rings. The van der Waals surface area contributed by atoms with Gasteiger partial charge in [-0.05, 0) is 54.9 Å². The molecule has 0 spiro atoms. The van der Waals surface area contributed by atoms with E-state index >= 15 is 0 Å². The van der Waals surface area contributed by atoms with E-state index in [2.05, 4.69) is 16.0 Å². The number of anilines is 1. The quantitative estimate of drug-likeness (QED) is 0.528. The molecule has 0 aliphatic rings. The van der Waals surface area contributed by atoms with Crippen LogP contribution in [0.2, 0.25) is 0 Å². The maximum absolute atomic E-state index is 12.6. The standard InChI is InChI=1S/C24H23N3O2S/c1-17-9-5-6-12-19(17)23(29)27-24(30)26-21-14-8-7-13-20(21)22(28)25-16-15-18-10-3-2-4-11-18/h2-14H,15-16H2,1H3,(H,25,28)(H2,26,27,29,30). The molecule has 2 amide bonds. The van der Waals surface area contributed by atoms with Crippen LogP contribution in [-0.4, -0.2) is 23.5 Å². The number of benzene rings is 3. The Hall–Kier alpha value is -3.51. The lowest BCUT2D eigenvalue weighted by molar-refractivity contribution is 0.0952. The molecule has 0 aromatic heterocycles. The molecule has 6 heteroatoms. The number of hydrogen-bond donors (Lipinski definition) is 3. The Morgan fingerprint density at radius 3 is 2.17 bits per heavy atom. The minimum atomic E-state index is -0.296. The van der Waals surface area contributed by atoms with Gasteiger partial charge in [-0.15, -0.1) is 0 Å². The van der Waals surface area contributed by atoms with Gasteiger partial charge in [0.1, 0.15) is 0 Å². The average Bonchev–Trinajstić information content (AvgIpc) is 2.75. The van der Waals surface area contributed by atoms with Gasteiger partial charge in [0.05, 0.1) is 11.3 Å². The Kier molecular flexibility index (Phi) is 7.29. The highest BCUT2D eigenvalue weighted by molar-refractivity contribution is 7.80. The summed E-state index contributed by atoms with van der Waals surface area (Å²) in [5.74, 6) is -0.502. The molecule has 0 fully saturated rings. The predicted octanol–water partition coefficient (Wildman–Crippen LogP) is 4.09. The summed E-state index contributed by atoms with van der Waals surface area (Å²) in [5, 5.41) is 8.68. The first-order valence-corrected chi connectivity index (χ1v) is 10.0. The van der Waals surface area contributed by atoms with Crippen molar-refractivity contribution < 1.29 is 9.59 Å². The lowest BCUT2D eigenvalue weighted by Crippen LogP contribution is -2.35. The predicted molar refractivity (Wildman–Crippen MR) is 124 cm³/mol. The second-order valence-corrected chi connectivity index (χ2v) is 7.17. The number of carbonyl (C=O) groups excluding carboxylic acids is 2. The van der Waals surface area contributed by atoms with E-state index < -0.39 is 0 Å². The van der Waals surface area contributed by atoms with Gasteiger partial charge in [0.15, 0.2) is 5.11 Å². The Balaban J connectivity index is 1.60. The summed E-state index contributed by atoms with van der Waals surface area (Å²) in [6.07, 6.45) is 0.743. The third-order valence-electron chi connectivity index (χ3n) is 4.58. The first-order valence-electron chi connectivity index (χ1n) is 9.63. The summed E-state index contributed by atoms with van der Waals surface area (Å²) in [4.78, 5) is 25.1. The smallest absolute Gasteiger partial charge is 0.257 e. The molecule has 0 heterocycles. The molecule has 0 saturated heterocycles. The Labute approximate surface area is 181 Å². The van der Waals surface area contributed by atoms with E-state index in [-0.39, 0.29) is 16.9 Å². The zero-order chi connectivity index (χ0) is 21.3. The molecular weight excluding hydrogens is 394 g/mol. The molecule has 0 aliphatic carbocycles. The van der Waals surface area contributed by atoms with Crippen LogP contribution < -0.4 is 16.0 Å². The minimum Gasteiger partial charge on any atom is -0.352 e. The van der Waals surface area contributed by atoms with Crippen molar-refractivity contribution in [3.05, 3.63) is 101 Å². The van der Waals surface area contributed by atoms with Crippen molar-refractivity contribution >= 4 is 34.8 Å². The van der Waals surface area contributed by atoms with Crippen molar-refractivity contribution in [2.75, 3.05) is 11.9 Å². The monoisotopic (exact) mass is 417 g/mol. The molecule has 0 atom stereocenters. The molecule has 3 aromatic carbocycles. The van der Waals surface area contributed by atoms with Crippen molar-refractivity contribution in [1.29, 1.82) is 0 Å². The van der Waals surface area contributed by atoms with Crippen LogP contribution in [0.1, 0.15) is 31.8 Å². The molecule has 3 N–H and O–H groups in total. The summed E-state index contributed by atoms with van der Waals surface area (Å²) in [6, 6.07) is 24.3. The second-order valence-electron chi connectivity index (χ2n) is 6.76. The first-order chi connectivity index (χ1) is 14.5. The largest absolute Gasteiger partial charge is 0.352 e. The number of hydrogen-bond acceptors (Lipinski definition) is 3. The topological polar surface area (TPSA) is 70.2 Å². The Morgan fingerprint density at radius 2 is 1.43 bits per heavy atom. The number of rotatable bonds is 6. The third kappa shape index (κ3) is 5.75. The van der Waals surface area contributed by atoms with E-state index in [4.69, 9.17) is 12.2 Å². The third-order valence-corrected chi connectivity index (χ3v) is 4.78. The van der Waals surface area contributed by atoms with E-state index in [1.807, 2.05) is 49.4 Å². The van der Waals surface area contributed by atoms with Gasteiger partial charge in [-0.25, -0.2) is 0 Å². The van der Waals surface area contributed by atoms with Crippen molar-refractivity contribution in [2.45, 2.75) is 13.3 Å². The fourth-order valence-electron chi connectivity index (χ4n) is 3.00. The lowest BCUT2D eigenvalue weighted by Gasteiger charge is -2.14. The van der Waals surface area contributed by atoms with Crippen LogP contribution in [0.3, 0.4) is 0 Å². The second kappa shape index (κ2) is 10.3. The van der Waals surface area contributed by atoms with Crippen LogP contribution in [0.5, 0.6) is 0 Å². The summed E-state index contributed by atoms with van der Waals surface area (Å²) in [6.45, 7) is 2.38. The molecule has 152 valence electrons. The van der Waals surface area contributed by atoms with Gasteiger partial charge < -0.3 is 10.6 Å². The van der Waals surface area contributed by atoms with Crippen LogP contribution in [0.4, 0.5) is 5.69 Å². The molecule has 30 heavy (non-hydrogen) atoms. The van der Waals surface area contributed by atoms with Crippen molar-refractivity contribution in [1.82, 2.24) is 10.6 Å². The number of carbonyl (C=O) groups is 2. The fourth-order valence-corrected chi connectivity index (χ4v) is 3.20. The van der Waals surface area contributed by atoms with E-state index in [1.165, 1.54) is 0 Å². The van der Waals surface area contributed by atoms with Crippen LogP contribution >= 0.6 is 12.2 Å². The lowest BCUT2D eigenvalue weighted by atomic mass is 10.1. The molecule has 0 saturated carbocycles. The van der Waals surface area contributed by atoms with Crippen LogP contribution in [0.15, 0.2) is 78.9 Å². The average molecular weight is 418 g/mol. The molecule has 0 unspecified atom stereocenters. The highest BCUT2D eigenvalue weighted by Gasteiger charge is 2.14. The Bertz CT molecular complexity index is 1050. The summed E-state index contributed by atoms with van der Waals surface area (Å²) in [5.41, 5.74) is 3.55. The molecular formula is C24H23N3O2S. The van der Waals surface area contributed by atoms with Gasteiger partial charge in [-0.2, -0.15) is 0 Å². The molecule has 5 nitrogen and oxygen atoms in total. The number of amides is 2. The minimum absolute atomic E-state index is 0.132. The van der Waals surface area contributed by atoms with E-state index in [0.717, 1.165) is 17.5 Å². The van der Waals surface area contributed by atoms with Crippen molar-refractivity contribution in [2.24, 2.45) is 0 Å². The summed E-state index contributed by atoms with van der Waals surface area (Å²) < 4.78 is 0. The van der Waals surface area contributed by atoms with Crippen LogP contribution in [0.25, 0.3) is 0 Å². The molecule has 0 radical (unpaired) electrons. The highest BCUT2D eigenvalue weighted by atomic mass is 32.1. The number of para-hydroxylation sites is 1. The number of aryl methyl sites for hydroxylation is 1. The Morgan fingerprint density at radius 1 is 0.800 bits per heavy atom. The zero-order valence-electron chi connectivity index (χ0n) is 16.6. The van der Waals surface area contributed by atoms with E-state index in [9.17, 15) is 9.59 Å². The van der Waals surface area contributed by atoms with Gasteiger partial charge in [0, 0.05) is 12.1 Å². The van der Waals surface area contributed by atoms with Crippen molar-refractivity contribution in [3.8, 4) is 0 Å². The highest BCUT2D eigenvalue weighted by Crippen LogP contribution is 2.15. The number of thiocarbonyl (C=S) groups is 1. The van der Waals surface area contributed by atoms with E-state index in [1.54, 1.807) is 36.4 Å². The SMILES string of the molecule is Cc1ccccc1C(=O)NC(=S)Nc1ccccc1C(=O)NCCc1ccccc1. The number of nitrogens with one attached hydrogen (secondary N) is 3. The van der Waals surface area contributed by atoms with Gasteiger partial charge in [-0.1, -0.05) is 60.7 Å². The molecule has 0 bridgehead atoms. The zero-order valence-corrected chi connectivity index (χ0v) is 17.5. The maximum Gasteiger partial charge on any atom is 0.257 e. The van der Waals surface area contributed by atoms with Crippen LogP contribution in [0, 0.1) is 6.92 Å². The van der Waals surface area contributed by atoms with Gasteiger partial charge in [-0.3, -0.25) is 14.9 Å². The van der Waals surface area contributed by atoms with Gasteiger partial charge >= 0.3 is 0 Å². The normalized spacial score (nSPS) is 10.2. The summed E-state index contributed by atoms with van der Waals surface area (Å²) >= 11 is 5.28. The maximum atomic E-state index is 12.6. The molecule has 0 aliphatic heterocycles. The van der Waals surface area contributed by atoms with Crippen molar-refractivity contribution in [3.63, 3.8) is 0 Å². The van der Waals surface area contributed by atoms with Gasteiger partial charge in [0.25, 0.3) is 11.8 Å². The first kappa shape index (κ1) is 21.2. The van der Waals surface area contributed by atoms with Gasteiger partial charge in [0.2, 0.25) is 0 Å².